The Bertz CT molecular complexity index is 708. The fraction of sp³-hybridized carbons (Fsp3) is 0.316. The van der Waals surface area contributed by atoms with Gasteiger partial charge >= 0.3 is 6.09 Å². The highest BCUT2D eigenvalue weighted by molar-refractivity contribution is 9.10. The lowest BCUT2D eigenvalue weighted by atomic mass is 9.95. The van der Waals surface area contributed by atoms with Gasteiger partial charge in [-0.05, 0) is 58.5 Å². The van der Waals surface area contributed by atoms with Crippen molar-refractivity contribution in [2.24, 2.45) is 0 Å². The van der Waals surface area contributed by atoms with Crippen molar-refractivity contribution < 1.29 is 13.9 Å². The van der Waals surface area contributed by atoms with Crippen molar-refractivity contribution in [3.8, 4) is 0 Å². The fourth-order valence-corrected chi connectivity index (χ4v) is 3.27. The van der Waals surface area contributed by atoms with Gasteiger partial charge in [0.15, 0.2) is 0 Å². The van der Waals surface area contributed by atoms with Crippen molar-refractivity contribution in [2.45, 2.75) is 31.9 Å². The summed E-state index contributed by atoms with van der Waals surface area (Å²) >= 11 is 3.17. The minimum absolute atomic E-state index is 0.135. The van der Waals surface area contributed by atoms with E-state index in [1.54, 1.807) is 11.0 Å². The van der Waals surface area contributed by atoms with Crippen LogP contribution in [0.5, 0.6) is 0 Å². The van der Waals surface area contributed by atoms with Crippen LogP contribution in [0.1, 0.15) is 36.4 Å². The lowest BCUT2D eigenvalue weighted by molar-refractivity contribution is 0.0678. The molecular weight excluding hydrogens is 373 g/mol. The molecule has 0 saturated carbocycles. The molecule has 0 spiro atoms. The number of piperidine rings is 1. The van der Waals surface area contributed by atoms with Crippen LogP contribution < -0.4 is 0 Å². The Morgan fingerprint density at radius 2 is 2.00 bits per heavy atom. The van der Waals surface area contributed by atoms with Crippen LogP contribution in [0.15, 0.2) is 53.0 Å². The zero-order valence-corrected chi connectivity index (χ0v) is 14.8. The molecule has 1 aliphatic heterocycles. The van der Waals surface area contributed by atoms with E-state index in [-0.39, 0.29) is 24.6 Å². The first-order valence-electron chi connectivity index (χ1n) is 8.07. The standard InChI is InChI=1S/C19H19BrFNO2/c20-16-10-9-15(12-17(16)21)18-8-4-5-11-22(18)19(23)24-13-14-6-2-1-3-7-14/h1-3,6-7,9-10,12,18H,4-5,8,11,13H2/t18-/m0/s1. The summed E-state index contributed by atoms with van der Waals surface area (Å²) in [5.41, 5.74) is 1.76. The van der Waals surface area contributed by atoms with Crippen LogP contribution >= 0.6 is 15.9 Å². The predicted molar refractivity (Wildman–Crippen MR) is 94.0 cm³/mol. The summed E-state index contributed by atoms with van der Waals surface area (Å²) in [6, 6.07) is 14.5. The van der Waals surface area contributed by atoms with Crippen molar-refractivity contribution in [1.82, 2.24) is 4.90 Å². The highest BCUT2D eigenvalue weighted by Crippen LogP contribution is 2.33. The van der Waals surface area contributed by atoms with Gasteiger partial charge in [0.2, 0.25) is 0 Å². The highest BCUT2D eigenvalue weighted by atomic mass is 79.9. The molecule has 0 aromatic heterocycles. The summed E-state index contributed by atoms with van der Waals surface area (Å²) in [6.07, 6.45) is 2.44. The number of halogens is 2. The van der Waals surface area contributed by atoms with E-state index in [0.717, 1.165) is 30.4 Å². The molecule has 1 atom stereocenters. The van der Waals surface area contributed by atoms with Crippen LogP contribution in [0.2, 0.25) is 0 Å². The predicted octanol–water partition coefficient (Wildman–Crippen LogP) is 5.45. The number of carbonyl (C=O) groups excluding carboxylic acids is 1. The second-order valence-electron chi connectivity index (χ2n) is 5.92. The van der Waals surface area contributed by atoms with Crippen LogP contribution in [-0.4, -0.2) is 17.5 Å². The van der Waals surface area contributed by atoms with Crippen molar-refractivity contribution in [3.05, 3.63) is 69.9 Å². The molecule has 24 heavy (non-hydrogen) atoms. The molecule has 3 nitrogen and oxygen atoms in total. The molecular formula is C19H19BrFNO2. The van der Waals surface area contributed by atoms with Gasteiger partial charge in [0.25, 0.3) is 0 Å². The molecule has 3 rings (SSSR count). The van der Waals surface area contributed by atoms with Gasteiger partial charge in [0, 0.05) is 6.54 Å². The molecule has 0 radical (unpaired) electrons. The maximum absolute atomic E-state index is 13.9. The third-order valence-electron chi connectivity index (χ3n) is 4.27. The van der Waals surface area contributed by atoms with Gasteiger partial charge < -0.3 is 9.64 Å². The summed E-state index contributed by atoms with van der Waals surface area (Å²) < 4.78 is 19.7. The van der Waals surface area contributed by atoms with Crippen molar-refractivity contribution in [2.75, 3.05) is 6.54 Å². The van der Waals surface area contributed by atoms with Gasteiger partial charge in [-0.15, -0.1) is 0 Å². The number of benzene rings is 2. The van der Waals surface area contributed by atoms with Gasteiger partial charge in [-0.3, -0.25) is 0 Å². The lowest BCUT2D eigenvalue weighted by Crippen LogP contribution is -2.38. The summed E-state index contributed by atoms with van der Waals surface area (Å²) in [6.45, 7) is 0.883. The zero-order chi connectivity index (χ0) is 16.9. The monoisotopic (exact) mass is 391 g/mol. The molecule has 2 aromatic rings. The lowest BCUT2D eigenvalue weighted by Gasteiger charge is -2.35. The Balaban J connectivity index is 1.71. The van der Waals surface area contributed by atoms with E-state index < -0.39 is 0 Å². The summed E-state index contributed by atoms with van der Waals surface area (Å²) in [7, 11) is 0. The molecule has 0 N–H and O–H groups in total. The minimum Gasteiger partial charge on any atom is -0.445 e. The van der Waals surface area contributed by atoms with E-state index >= 15 is 0 Å². The Labute approximate surface area is 149 Å². The number of carbonyl (C=O) groups is 1. The molecule has 1 fully saturated rings. The maximum atomic E-state index is 13.9. The fourth-order valence-electron chi connectivity index (χ4n) is 3.02. The average molecular weight is 392 g/mol. The van der Waals surface area contributed by atoms with E-state index in [0.29, 0.717) is 11.0 Å². The van der Waals surface area contributed by atoms with Gasteiger partial charge in [-0.2, -0.15) is 0 Å². The largest absolute Gasteiger partial charge is 0.445 e. The Morgan fingerprint density at radius 1 is 1.21 bits per heavy atom. The van der Waals surface area contributed by atoms with Crippen LogP contribution in [0.4, 0.5) is 9.18 Å². The van der Waals surface area contributed by atoms with Crippen molar-refractivity contribution in [1.29, 1.82) is 0 Å². The molecule has 0 unspecified atom stereocenters. The molecule has 1 aliphatic rings. The molecule has 5 heteroatoms. The zero-order valence-electron chi connectivity index (χ0n) is 13.3. The van der Waals surface area contributed by atoms with Crippen LogP contribution in [0.3, 0.4) is 0 Å². The van der Waals surface area contributed by atoms with Gasteiger partial charge in [0.05, 0.1) is 10.5 Å². The number of likely N-dealkylation sites (tertiary alicyclic amines) is 1. The number of hydrogen-bond donors (Lipinski definition) is 0. The van der Waals surface area contributed by atoms with E-state index in [4.69, 9.17) is 4.74 Å². The summed E-state index contributed by atoms with van der Waals surface area (Å²) in [4.78, 5) is 14.2. The van der Waals surface area contributed by atoms with Crippen molar-refractivity contribution in [3.63, 3.8) is 0 Å². The smallest absolute Gasteiger partial charge is 0.410 e. The summed E-state index contributed by atoms with van der Waals surface area (Å²) in [5.74, 6) is -0.310. The molecule has 1 heterocycles. The van der Waals surface area contributed by atoms with E-state index in [1.807, 2.05) is 36.4 Å². The Kier molecular flexibility index (Phi) is 5.51. The quantitative estimate of drug-likeness (QED) is 0.695. The average Bonchev–Trinajstić information content (AvgIpc) is 2.63. The van der Waals surface area contributed by atoms with Gasteiger partial charge in [-0.1, -0.05) is 36.4 Å². The first-order chi connectivity index (χ1) is 11.6. The SMILES string of the molecule is O=C(OCc1ccccc1)N1CCCC[C@H]1c1ccc(Br)c(F)c1. The number of hydrogen-bond acceptors (Lipinski definition) is 2. The van der Waals surface area contributed by atoms with Crippen LogP contribution in [0, 0.1) is 5.82 Å². The molecule has 0 bridgehead atoms. The molecule has 1 saturated heterocycles. The number of amides is 1. The van der Waals surface area contributed by atoms with Gasteiger partial charge in [-0.25, -0.2) is 9.18 Å². The summed E-state index contributed by atoms with van der Waals surface area (Å²) in [5, 5.41) is 0. The number of ether oxygens (including phenoxy) is 1. The second kappa shape index (κ2) is 7.79. The Morgan fingerprint density at radius 3 is 2.75 bits per heavy atom. The first kappa shape index (κ1) is 17.0. The van der Waals surface area contributed by atoms with Crippen LogP contribution in [0.25, 0.3) is 0 Å². The maximum Gasteiger partial charge on any atom is 0.410 e. The normalized spacial score (nSPS) is 17.6. The van der Waals surface area contributed by atoms with Crippen molar-refractivity contribution >= 4 is 22.0 Å². The van der Waals surface area contributed by atoms with E-state index in [2.05, 4.69) is 15.9 Å². The number of nitrogens with zero attached hydrogens (tertiary/aromatic N) is 1. The molecule has 2 aromatic carbocycles. The topological polar surface area (TPSA) is 29.5 Å². The first-order valence-corrected chi connectivity index (χ1v) is 8.87. The van der Waals surface area contributed by atoms with Crippen LogP contribution in [-0.2, 0) is 11.3 Å². The Hall–Kier alpha value is -1.88. The number of rotatable bonds is 3. The minimum atomic E-state index is -0.341. The third-order valence-corrected chi connectivity index (χ3v) is 4.91. The highest BCUT2D eigenvalue weighted by Gasteiger charge is 2.29. The molecule has 126 valence electrons. The van der Waals surface area contributed by atoms with E-state index in [9.17, 15) is 9.18 Å². The molecule has 0 aliphatic carbocycles. The van der Waals surface area contributed by atoms with Gasteiger partial charge in [0.1, 0.15) is 12.4 Å². The molecule has 1 amide bonds. The third kappa shape index (κ3) is 3.96. The second-order valence-corrected chi connectivity index (χ2v) is 6.77. The van der Waals surface area contributed by atoms with E-state index in [1.165, 1.54) is 6.07 Å².